The number of carbonyl (C=O) groups excluding carboxylic acids is 1. The van der Waals surface area contributed by atoms with E-state index in [9.17, 15) is 4.79 Å². The highest BCUT2D eigenvalue weighted by Crippen LogP contribution is 2.00. The number of nitrogens with two attached hydrogens (primary N) is 1. The molecule has 0 aromatic carbocycles. The summed E-state index contributed by atoms with van der Waals surface area (Å²) in [6.45, 7) is 10.8. The number of hydrogen-bond donors (Lipinski definition) is 3. The van der Waals surface area contributed by atoms with E-state index >= 15 is 0 Å². The van der Waals surface area contributed by atoms with Crippen LogP contribution in [0.4, 0.5) is 0 Å². The van der Waals surface area contributed by atoms with Crippen LogP contribution in [0, 0.1) is 0 Å². The molecule has 1 atom stereocenters. The van der Waals surface area contributed by atoms with E-state index in [1.807, 2.05) is 26.8 Å². The number of carbonyl (C=O) groups is 1. The van der Waals surface area contributed by atoms with E-state index in [-0.39, 0.29) is 17.5 Å². The van der Waals surface area contributed by atoms with Crippen molar-refractivity contribution in [2.24, 2.45) is 5.73 Å². The summed E-state index contributed by atoms with van der Waals surface area (Å²) in [7, 11) is 0. The van der Waals surface area contributed by atoms with Crippen LogP contribution in [0.5, 0.6) is 0 Å². The highest BCUT2D eigenvalue weighted by molar-refractivity contribution is 5.77. The van der Waals surface area contributed by atoms with Gasteiger partial charge in [0.05, 0.1) is 0 Å². The monoisotopic (exact) mass is 227 g/mol. The zero-order chi connectivity index (χ0) is 12.6. The van der Waals surface area contributed by atoms with Gasteiger partial charge in [0.25, 0.3) is 0 Å². The molecule has 4 heteroatoms. The van der Waals surface area contributed by atoms with Crippen molar-refractivity contribution in [1.82, 2.24) is 10.6 Å². The van der Waals surface area contributed by atoms with Crippen LogP contribution >= 0.6 is 0 Å². The maximum atomic E-state index is 11.6. The van der Waals surface area contributed by atoms with E-state index in [0.29, 0.717) is 13.0 Å². The van der Waals surface area contributed by atoms with Gasteiger partial charge in [0, 0.05) is 24.5 Å². The third kappa shape index (κ3) is 8.44. The van der Waals surface area contributed by atoms with Crippen molar-refractivity contribution >= 4 is 5.91 Å². The predicted molar refractivity (Wildman–Crippen MR) is 68.2 cm³/mol. The molecule has 0 radical (unpaired) electrons. The van der Waals surface area contributed by atoms with Gasteiger partial charge >= 0.3 is 0 Å². The number of amides is 1. The fourth-order valence-corrected chi connectivity index (χ4v) is 1.32. The number of hydrogen-bond acceptors (Lipinski definition) is 3. The Hall–Kier alpha value is -0.870. The molecule has 0 aliphatic carbocycles. The van der Waals surface area contributed by atoms with Gasteiger partial charge in [-0.2, -0.15) is 0 Å². The molecule has 0 aliphatic heterocycles. The lowest BCUT2D eigenvalue weighted by atomic mass is 10.1. The van der Waals surface area contributed by atoms with Crippen LogP contribution in [0.25, 0.3) is 0 Å². The van der Waals surface area contributed by atoms with Gasteiger partial charge in [-0.3, -0.25) is 4.79 Å². The van der Waals surface area contributed by atoms with Crippen LogP contribution in [0.15, 0.2) is 12.7 Å². The second-order valence-electron chi connectivity index (χ2n) is 4.97. The Balaban J connectivity index is 3.92. The predicted octanol–water partition coefficient (Wildman–Crippen LogP) is 0.784. The minimum atomic E-state index is -0.183. The SMILES string of the molecule is C=CCCNC(CN)CC(=O)NC(C)(C)C. The fourth-order valence-electron chi connectivity index (χ4n) is 1.32. The van der Waals surface area contributed by atoms with Crippen molar-refractivity contribution in [3.8, 4) is 0 Å². The van der Waals surface area contributed by atoms with E-state index in [1.54, 1.807) is 0 Å². The largest absolute Gasteiger partial charge is 0.351 e. The lowest BCUT2D eigenvalue weighted by Crippen LogP contribution is -2.46. The summed E-state index contributed by atoms with van der Waals surface area (Å²) in [6.07, 6.45) is 3.15. The van der Waals surface area contributed by atoms with Crippen molar-refractivity contribution < 1.29 is 4.79 Å². The van der Waals surface area contributed by atoms with Gasteiger partial charge in [0.2, 0.25) is 5.91 Å². The topological polar surface area (TPSA) is 67.1 Å². The van der Waals surface area contributed by atoms with E-state index < -0.39 is 0 Å². The second kappa shape index (κ2) is 7.41. The lowest BCUT2D eigenvalue weighted by molar-refractivity contribution is -0.122. The average molecular weight is 227 g/mol. The van der Waals surface area contributed by atoms with Gasteiger partial charge in [-0.25, -0.2) is 0 Å². The zero-order valence-electron chi connectivity index (χ0n) is 10.7. The summed E-state index contributed by atoms with van der Waals surface area (Å²) < 4.78 is 0. The molecular weight excluding hydrogens is 202 g/mol. The summed E-state index contributed by atoms with van der Waals surface area (Å²) >= 11 is 0. The molecule has 1 amide bonds. The van der Waals surface area contributed by atoms with Gasteiger partial charge in [-0.15, -0.1) is 6.58 Å². The van der Waals surface area contributed by atoms with Crippen LogP contribution in [0.3, 0.4) is 0 Å². The molecule has 0 fully saturated rings. The summed E-state index contributed by atoms with van der Waals surface area (Å²) in [4.78, 5) is 11.6. The second-order valence-corrected chi connectivity index (χ2v) is 4.97. The molecule has 0 heterocycles. The van der Waals surface area contributed by atoms with Crippen molar-refractivity contribution in [2.45, 2.75) is 45.2 Å². The highest BCUT2D eigenvalue weighted by atomic mass is 16.1. The Morgan fingerprint density at radius 3 is 2.56 bits per heavy atom. The van der Waals surface area contributed by atoms with Crippen LogP contribution in [-0.4, -0.2) is 30.6 Å². The van der Waals surface area contributed by atoms with Crippen molar-refractivity contribution in [3.05, 3.63) is 12.7 Å². The van der Waals surface area contributed by atoms with E-state index in [2.05, 4.69) is 17.2 Å². The Bertz CT molecular complexity index is 221. The Morgan fingerprint density at radius 1 is 1.50 bits per heavy atom. The Morgan fingerprint density at radius 2 is 2.12 bits per heavy atom. The molecule has 0 saturated heterocycles. The van der Waals surface area contributed by atoms with Crippen LogP contribution in [0.1, 0.15) is 33.6 Å². The number of nitrogens with one attached hydrogen (secondary N) is 2. The zero-order valence-corrected chi connectivity index (χ0v) is 10.7. The van der Waals surface area contributed by atoms with E-state index in [4.69, 9.17) is 5.73 Å². The van der Waals surface area contributed by atoms with Crippen LogP contribution in [-0.2, 0) is 4.79 Å². The van der Waals surface area contributed by atoms with Gasteiger partial charge in [-0.1, -0.05) is 6.08 Å². The van der Waals surface area contributed by atoms with E-state index in [1.165, 1.54) is 0 Å². The molecule has 0 aliphatic rings. The summed E-state index contributed by atoms with van der Waals surface area (Å²) in [6, 6.07) is 0.0438. The quantitative estimate of drug-likeness (QED) is 0.445. The van der Waals surface area contributed by atoms with Crippen molar-refractivity contribution in [1.29, 1.82) is 0 Å². The van der Waals surface area contributed by atoms with Crippen LogP contribution < -0.4 is 16.4 Å². The van der Waals surface area contributed by atoms with Gasteiger partial charge in [0.15, 0.2) is 0 Å². The first-order chi connectivity index (χ1) is 7.39. The molecule has 16 heavy (non-hydrogen) atoms. The molecule has 0 spiro atoms. The molecule has 0 saturated carbocycles. The van der Waals surface area contributed by atoms with Crippen LogP contribution in [0.2, 0.25) is 0 Å². The normalized spacial score (nSPS) is 13.2. The molecule has 0 bridgehead atoms. The summed E-state index contributed by atoms with van der Waals surface area (Å²) in [5.41, 5.74) is 5.42. The summed E-state index contributed by atoms with van der Waals surface area (Å²) in [5, 5.41) is 6.15. The van der Waals surface area contributed by atoms with Crippen molar-refractivity contribution in [3.63, 3.8) is 0 Å². The fraction of sp³-hybridized carbons (Fsp3) is 0.750. The molecule has 94 valence electrons. The molecule has 0 rings (SSSR count). The van der Waals surface area contributed by atoms with Crippen molar-refractivity contribution in [2.75, 3.05) is 13.1 Å². The maximum Gasteiger partial charge on any atom is 0.222 e. The summed E-state index contributed by atoms with van der Waals surface area (Å²) in [5.74, 6) is 0.0362. The lowest BCUT2D eigenvalue weighted by Gasteiger charge is -2.23. The minimum absolute atomic E-state index is 0.0362. The third-order valence-electron chi connectivity index (χ3n) is 2.01. The molecule has 4 nitrogen and oxygen atoms in total. The highest BCUT2D eigenvalue weighted by Gasteiger charge is 2.16. The number of rotatable bonds is 7. The molecule has 0 aromatic heterocycles. The average Bonchev–Trinajstić information content (AvgIpc) is 2.13. The maximum absolute atomic E-state index is 11.6. The van der Waals surface area contributed by atoms with Gasteiger partial charge < -0.3 is 16.4 Å². The standard InChI is InChI=1S/C12H25N3O/c1-5-6-7-14-10(9-13)8-11(16)15-12(2,3)4/h5,10,14H,1,6-9,13H2,2-4H3,(H,15,16). The Kier molecular flexibility index (Phi) is 7.01. The van der Waals surface area contributed by atoms with Gasteiger partial charge in [0.1, 0.15) is 0 Å². The smallest absolute Gasteiger partial charge is 0.222 e. The Labute approximate surface area is 98.7 Å². The first-order valence-electron chi connectivity index (χ1n) is 5.74. The molecular formula is C12H25N3O. The van der Waals surface area contributed by atoms with E-state index in [0.717, 1.165) is 13.0 Å². The molecule has 4 N–H and O–H groups in total. The minimum Gasteiger partial charge on any atom is -0.351 e. The van der Waals surface area contributed by atoms with Gasteiger partial charge in [-0.05, 0) is 33.7 Å². The first kappa shape index (κ1) is 15.1. The molecule has 1 unspecified atom stereocenters. The first-order valence-corrected chi connectivity index (χ1v) is 5.74. The third-order valence-corrected chi connectivity index (χ3v) is 2.01. The molecule has 0 aromatic rings.